The largest absolute Gasteiger partial charge is 0.497 e. The minimum atomic E-state index is -0.212. The van der Waals surface area contributed by atoms with Crippen LogP contribution in [0.3, 0.4) is 0 Å². The number of carbonyl (C=O) groups is 1. The molecule has 1 amide bonds. The van der Waals surface area contributed by atoms with E-state index in [9.17, 15) is 4.79 Å². The third-order valence-electron chi connectivity index (χ3n) is 3.96. The molecule has 3 rings (SSSR count). The molecule has 142 valence electrons. The Labute approximate surface area is 161 Å². The van der Waals surface area contributed by atoms with E-state index in [0.717, 1.165) is 21.7 Å². The Morgan fingerprint density at radius 2 is 1.89 bits per heavy atom. The Morgan fingerprint density at radius 1 is 1.07 bits per heavy atom. The molecule has 0 fully saturated rings. The summed E-state index contributed by atoms with van der Waals surface area (Å²) in [6.45, 7) is 1.45. The van der Waals surface area contributed by atoms with Crippen LogP contribution in [0.15, 0.2) is 53.5 Å². The van der Waals surface area contributed by atoms with E-state index in [0.29, 0.717) is 24.6 Å². The lowest BCUT2D eigenvalue weighted by atomic mass is 10.3. The van der Waals surface area contributed by atoms with Gasteiger partial charge >= 0.3 is 0 Å². The van der Waals surface area contributed by atoms with Crippen LogP contribution in [0.5, 0.6) is 11.5 Å². The molecule has 0 saturated heterocycles. The second-order valence-electron chi connectivity index (χ2n) is 5.78. The van der Waals surface area contributed by atoms with Crippen LogP contribution in [0.1, 0.15) is 6.42 Å². The van der Waals surface area contributed by atoms with Crippen LogP contribution in [0.2, 0.25) is 0 Å². The number of ether oxygens (including phenoxy) is 3. The fourth-order valence-corrected chi connectivity index (χ4v) is 3.70. The van der Waals surface area contributed by atoms with Crippen molar-refractivity contribution in [1.29, 1.82) is 0 Å². The first kappa shape index (κ1) is 19.1. The van der Waals surface area contributed by atoms with Gasteiger partial charge in [-0.1, -0.05) is 29.5 Å². The molecule has 6 nitrogen and oxygen atoms in total. The van der Waals surface area contributed by atoms with Gasteiger partial charge in [0.1, 0.15) is 11.5 Å². The van der Waals surface area contributed by atoms with Crippen molar-refractivity contribution in [3.8, 4) is 11.5 Å². The van der Waals surface area contributed by atoms with Crippen LogP contribution in [0.25, 0.3) is 10.2 Å². The molecule has 0 saturated carbocycles. The third-order valence-corrected chi connectivity index (χ3v) is 5.00. The lowest BCUT2D eigenvalue weighted by molar-refractivity contribution is -0.118. The summed E-state index contributed by atoms with van der Waals surface area (Å²) in [4.78, 5) is 17.3. The van der Waals surface area contributed by atoms with Crippen LogP contribution in [0.4, 0.5) is 0 Å². The molecule has 0 radical (unpaired) electrons. The number of fused-ring (bicyclic) bond motifs is 1. The summed E-state index contributed by atoms with van der Waals surface area (Å²) in [7, 11) is 3.29. The molecule has 0 aliphatic carbocycles. The van der Waals surface area contributed by atoms with Crippen molar-refractivity contribution in [2.45, 2.75) is 13.0 Å². The third kappa shape index (κ3) is 4.96. The van der Waals surface area contributed by atoms with Crippen LogP contribution in [0, 0.1) is 0 Å². The Balaban J connectivity index is 1.79. The van der Waals surface area contributed by atoms with E-state index < -0.39 is 0 Å². The number of thiazole rings is 1. The predicted molar refractivity (Wildman–Crippen MR) is 105 cm³/mol. The standard InChI is InChI=1S/C20H22N2O4S/c1-24-13-11-22-17-9-8-16(25-2)14-18(17)27-20(22)21-19(23)10-12-26-15-6-4-3-5-7-15/h3-9,14H,10-13H2,1-2H3. The number of hydrogen-bond donors (Lipinski definition) is 0. The molecule has 7 heteroatoms. The highest BCUT2D eigenvalue weighted by Gasteiger charge is 2.09. The average molecular weight is 386 g/mol. The molecule has 1 heterocycles. The number of nitrogens with zero attached hydrogens (tertiary/aromatic N) is 2. The molecule has 0 unspecified atom stereocenters. The summed E-state index contributed by atoms with van der Waals surface area (Å²) in [5, 5.41) is 0. The highest BCUT2D eigenvalue weighted by Crippen LogP contribution is 2.23. The minimum Gasteiger partial charge on any atom is -0.497 e. The number of carbonyl (C=O) groups excluding carboxylic acids is 1. The first-order valence-corrected chi connectivity index (χ1v) is 9.44. The van der Waals surface area contributed by atoms with E-state index in [-0.39, 0.29) is 12.3 Å². The van der Waals surface area contributed by atoms with Crippen LogP contribution < -0.4 is 14.3 Å². The predicted octanol–water partition coefficient (Wildman–Crippen LogP) is 3.25. The van der Waals surface area contributed by atoms with E-state index >= 15 is 0 Å². The minimum absolute atomic E-state index is 0.212. The van der Waals surface area contributed by atoms with Crippen LogP contribution >= 0.6 is 11.3 Å². The molecule has 0 spiro atoms. The maximum absolute atomic E-state index is 12.3. The molecule has 0 bridgehead atoms. The van der Waals surface area contributed by atoms with Crippen molar-refractivity contribution in [1.82, 2.24) is 4.57 Å². The number of hydrogen-bond acceptors (Lipinski definition) is 5. The second kappa shape index (κ2) is 9.34. The van der Waals surface area contributed by atoms with Crippen molar-refractivity contribution >= 4 is 27.5 Å². The van der Waals surface area contributed by atoms with E-state index in [4.69, 9.17) is 14.2 Å². The van der Waals surface area contributed by atoms with Gasteiger partial charge in [0.2, 0.25) is 0 Å². The van der Waals surface area contributed by atoms with Gasteiger partial charge in [0.05, 0.1) is 37.0 Å². The van der Waals surface area contributed by atoms with Crippen molar-refractivity contribution in [2.75, 3.05) is 27.4 Å². The first-order valence-electron chi connectivity index (χ1n) is 8.63. The van der Waals surface area contributed by atoms with Gasteiger partial charge in [-0.05, 0) is 30.3 Å². The fourth-order valence-electron chi connectivity index (χ4n) is 2.60. The number of rotatable bonds is 8. The molecule has 2 aromatic carbocycles. The summed E-state index contributed by atoms with van der Waals surface area (Å²) in [5.41, 5.74) is 1.00. The monoisotopic (exact) mass is 386 g/mol. The molecule has 1 aromatic heterocycles. The molecule has 0 N–H and O–H groups in total. The first-order chi connectivity index (χ1) is 13.2. The Kier molecular flexibility index (Phi) is 6.62. The fraction of sp³-hybridized carbons (Fsp3) is 0.300. The number of benzene rings is 2. The number of para-hydroxylation sites is 1. The van der Waals surface area contributed by atoms with Gasteiger partial charge in [-0.25, -0.2) is 0 Å². The summed E-state index contributed by atoms with van der Waals surface area (Å²) in [5.74, 6) is 1.31. The van der Waals surface area contributed by atoms with Gasteiger partial charge in [-0.15, -0.1) is 0 Å². The summed E-state index contributed by atoms with van der Waals surface area (Å²) in [6, 6.07) is 15.3. The van der Waals surface area contributed by atoms with Crippen molar-refractivity contribution in [2.24, 2.45) is 4.99 Å². The summed E-state index contributed by atoms with van der Waals surface area (Å²) in [6.07, 6.45) is 0.219. The molecule has 0 aliphatic heterocycles. The highest BCUT2D eigenvalue weighted by molar-refractivity contribution is 7.16. The van der Waals surface area contributed by atoms with Crippen LogP contribution in [-0.4, -0.2) is 37.9 Å². The number of amides is 1. The Hall–Kier alpha value is -2.64. The smallest absolute Gasteiger partial charge is 0.251 e. The molecule has 27 heavy (non-hydrogen) atoms. The molecule has 3 aromatic rings. The van der Waals surface area contributed by atoms with Crippen LogP contribution in [-0.2, 0) is 16.1 Å². The second-order valence-corrected chi connectivity index (χ2v) is 6.79. The zero-order valence-electron chi connectivity index (χ0n) is 15.4. The average Bonchev–Trinajstić information content (AvgIpc) is 3.03. The quantitative estimate of drug-likeness (QED) is 0.596. The van der Waals surface area contributed by atoms with Gasteiger partial charge in [-0.2, -0.15) is 4.99 Å². The van der Waals surface area contributed by atoms with Gasteiger partial charge in [0.15, 0.2) is 4.80 Å². The zero-order valence-corrected chi connectivity index (χ0v) is 16.2. The topological polar surface area (TPSA) is 62.1 Å². The molecule has 0 aliphatic rings. The van der Waals surface area contributed by atoms with Gasteiger partial charge in [-0.3, -0.25) is 4.79 Å². The normalized spacial score (nSPS) is 11.7. The van der Waals surface area contributed by atoms with E-state index in [2.05, 4.69) is 4.99 Å². The SMILES string of the molecule is COCCn1c(=NC(=O)CCOc2ccccc2)sc2cc(OC)ccc21. The van der Waals surface area contributed by atoms with E-state index in [1.807, 2.05) is 53.1 Å². The Morgan fingerprint density at radius 3 is 2.63 bits per heavy atom. The molecular formula is C20H22N2O4S. The number of methoxy groups -OCH3 is 2. The summed E-state index contributed by atoms with van der Waals surface area (Å²) < 4.78 is 19.1. The van der Waals surface area contributed by atoms with Crippen molar-refractivity contribution < 1.29 is 19.0 Å². The van der Waals surface area contributed by atoms with E-state index in [1.165, 1.54) is 11.3 Å². The van der Waals surface area contributed by atoms with Crippen molar-refractivity contribution in [3.63, 3.8) is 0 Å². The maximum Gasteiger partial charge on any atom is 0.251 e. The molecular weight excluding hydrogens is 364 g/mol. The lowest BCUT2D eigenvalue weighted by Gasteiger charge is -2.05. The van der Waals surface area contributed by atoms with Gasteiger partial charge in [0.25, 0.3) is 5.91 Å². The Bertz CT molecular complexity index is 963. The van der Waals surface area contributed by atoms with Crippen molar-refractivity contribution in [3.05, 3.63) is 53.3 Å². The maximum atomic E-state index is 12.3. The lowest BCUT2D eigenvalue weighted by Crippen LogP contribution is -2.19. The number of aromatic nitrogens is 1. The van der Waals surface area contributed by atoms with Gasteiger partial charge < -0.3 is 18.8 Å². The van der Waals surface area contributed by atoms with E-state index in [1.54, 1.807) is 14.2 Å². The van der Waals surface area contributed by atoms with Gasteiger partial charge in [0, 0.05) is 13.7 Å². The molecule has 0 atom stereocenters. The zero-order chi connectivity index (χ0) is 19.1. The summed E-state index contributed by atoms with van der Waals surface area (Å²) >= 11 is 1.46. The highest BCUT2D eigenvalue weighted by atomic mass is 32.1.